The molecule has 0 saturated carbocycles. The van der Waals surface area contributed by atoms with Crippen molar-refractivity contribution in [3.8, 4) is 0 Å². The number of nitrogens with zero attached hydrogens (tertiary/aromatic N) is 3. The van der Waals surface area contributed by atoms with Crippen molar-refractivity contribution in [2.45, 2.75) is 0 Å². The van der Waals surface area contributed by atoms with Gasteiger partial charge in [0, 0.05) is 4.91 Å². The molecule has 0 spiro atoms. The highest BCUT2D eigenvalue weighted by atomic mass is 19.2. The van der Waals surface area contributed by atoms with E-state index >= 15 is 0 Å². The van der Waals surface area contributed by atoms with Gasteiger partial charge in [0.1, 0.15) is 5.34 Å². The summed E-state index contributed by atoms with van der Waals surface area (Å²) in [6, 6.07) is 0. The van der Waals surface area contributed by atoms with E-state index in [9.17, 15) is 4.48 Å². The maximum Gasteiger partial charge on any atom is 0.100 e. The van der Waals surface area contributed by atoms with Crippen molar-refractivity contribution >= 4 is 0 Å². The lowest BCUT2D eigenvalue weighted by Crippen LogP contribution is -1.03. The van der Waals surface area contributed by atoms with Crippen molar-refractivity contribution in [3.05, 3.63) is 10.4 Å². The van der Waals surface area contributed by atoms with Gasteiger partial charge in [0.05, 0.1) is 0 Å². The van der Waals surface area contributed by atoms with Crippen LogP contribution in [0.25, 0.3) is 10.4 Å². The minimum atomic E-state index is 1.42. The van der Waals surface area contributed by atoms with Gasteiger partial charge >= 0.3 is 0 Å². The fourth-order valence-corrected chi connectivity index (χ4v) is 0. The molecule has 0 saturated heterocycles. The van der Waals surface area contributed by atoms with Crippen LogP contribution in [-0.2, 0) is 0 Å². The second-order valence-electron chi connectivity index (χ2n) is 0.165. The first-order valence-corrected chi connectivity index (χ1v) is 0.569. The molecule has 0 aliphatic rings. The highest BCUT2D eigenvalue weighted by Crippen LogP contribution is 1.59. The van der Waals surface area contributed by atoms with E-state index in [0.717, 1.165) is 0 Å². The lowest BCUT2D eigenvalue weighted by atomic mass is 13.0. The number of halogens is 1. The Morgan fingerprint density at radius 1 is 2.00 bits per heavy atom. The van der Waals surface area contributed by atoms with E-state index in [4.69, 9.17) is 5.53 Å². The van der Waals surface area contributed by atoms with Gasteiger partial charge in [-0.3, -0.25) is 0 Å². The van der Waals surface area contributed by atoms with Gasteiger partial charge in [-0.2, -0.15) is 0 Å². The Bertz CT molecular complexity index is 41.2. The zero-order chi connectivity index (χ0) is 3.41. The summed E-state index contributed by atoms with van der Waals surface area (Å²) in [5.41, 5.74) is 6.96. The van der Waals surface area contributed by atoms with Gasteiger partial charge in [-0.1, -0.05) is 0 Å². The maximum absolute atomic E-state index is 9.93. The zero-order valence-corrected chi connectivity index (χ0v) is 1.72. The van der Waals surface area contributed by atoms with E-state index < -0.39 is 0 Å². The third-order valence-electron chi connectivity index (χ3n) is 0.0338. The molecule has 0 N–H and O–H groups in total. The quantitative estimate of drug-likeness (QED) is 0.229. The maximum atomic E-state index is 9.93. The summed E-state index contributed by atoms with van der Waals surface area (Å²) in [6.45, 7) is 0. The van der Waals surface area contributed by atoms with Gasteiger partial charge in [-0.25, -0.2) is 0 Å². The summed E-state index contributed by atoms with van der Waals surface area (Å²) in [5, 5.41) is 1.42. The number of hydrogen-bond donors (Lipinski definition) is 0. The molecule has 0 aliphatic carbocycles. The highest BCUT2D eigenvalue weighted by molar-refractivity contribution is 4.25. The van der Waals surface area contributed by atoms with Crippen molar-refractivity contribution in [2.24, 2.45) is 5.34 Å². The number of rotatable bonds is 0. The van der Waals surface area contributed by atoms with E-state index in [0.29, 0.717) is 0 Å². The molecular weight excluding hydrogens is 61.0 g/mol. The summed E-state index contributed by atoms with van der Waals surface area (Å²) >= 11 is 0. The molecule has 0 rings (SSSR count). The molecule has 4 heavy (non-hydrogen) atoms. The molecule has 0 aliphatic heterocycles. The number of hydrogen-bond acceptors (Lipinski definition) is 1. The van der Waals surface area contributed by atoms with E-state index in [1.807, 2.05) is 0 Å². The monoisotopic (exact) mass is 61.0 g/mol. The van der Waals surface area contributed by atoms with Crippen LogP contribution in [0.3, 0.4) is 0 Å². The van der Waals surface area contributed by atoms with Crippen molar-refractivity contribution in [1.29, 1.82) is 0 Å². The number of azide groups is 1. The highest BCUT2D eigenvalue weighted by Gasteiger charge is 1.33. The van der Waals surface area contributed by atoms with Gasteiger partial charge in [-0.15, -0.1) is 4.48 Å². The molecule has 0 aromatic rings. The molecule has 0 bridgehead atoms. The largest absolute Gasteiger partial charge is 0.131 e. The first kappa shape index (κ1) is 3.24. The first-order valence-electron chi connectivity index (χ1n) is 0.569. The smallest absolute Gasteiger partial charge is 0.100 e. The van der Waals surface area contributed by atoms with Crippen LogP contribution >= 0.6 is 0 Å². The van der Waals surface area contributed by atoms with Gasteiger partial charge in [-0.05, 0) is 5.53 Å². The standard InChI is InChI=1S/FN3/c1-3-4-2. The molecule has 0 atom stereocenters. The molecule has 4 heteroatoms. The molecule has 0 unspecified atom stereocenters. The van der Waals surface area contributed by atoms with Gasteiger partial charge < -0.3 is 0 Å². The Hall–Kier alpha value is -0.760. The molecule has 0 fully saturated rings. The van der Waals surface area contributed by atoms with E-state index in [2.05, 4.69) is 0 Å². The van der Waals surface area contributed by atoms with E-state index in [1.54, 1.807) is 4.91 Å². The second kappa shape index (κ2) is 2.24. The molecule has 0 radical (unpaired) electrons. The summed E-state index contributed by atoms with van der Waals surface area (Å²) in [6.07, 6.45) is 0. The summed E-state index contributed by atoms with van der Waals surface area (Å²) in [5.74, 6) is 0. The third kappa shape index (κ3) is 1.24. The molecule has 3 nitrogen and oxygen atoms in total. The predicted octanol–water partition coefficient (Wildman–Crippen LogP) is 1.18. The molecule has 0 heterocycles. The van der Waals surface area contributed by atoms with Crippen LogP contribution in [-0.4, -0.2) is 0 Å². The molecular formula is FN3. The second-order valence-corrected chi connectivity index (χ2v) is 0.165. The Balaban J connectivity index is 3.11. The van der Waals surface area contributed by atoms with Crippen molar-refractivity contribution in [3.63, 3.8) is 0 Å². The van der Waals surface area contributed by atoms with E-state index in [1.165, 1.54) is 5.34 Å². The summed E-state index contributed by atoms with van der Waals surface area (Å²) in [7, 11) is 0. The Morgan fingerprint density at radius 3 is 2.25 bits per heavy atom. The zero-order valence-electron chi connectivity index (χ0n) is 1.72. The topological polar surface area (TPSA) is 48.8 Å². The van der Waals surface area contributed by atoms with Crippen LogP contribution < -0.4 is 0 Å². The first-order chi connectivity index (χ1) is 1.91. The SMILES string of the molecule is [N-]=[N+]=NF. The van der Waals surface area contributed by atoms with Crippen LogP contribution in [0.5, 0.6) is 0 Å². The van der Waals surface area contributed by atoms with Crippen LogP contribution in [0.15, 0.2) is 5.34 Å². The predicted molar refractivity (Wildman–Crippen MR) is 10.3 cm³/mol. The van der Waals surface area contributed by atoms with Crippen LogP contribution in [0, 0.1) is 0 Å². The average molecular weight is 61.0 g/mol. The molecule has 0 amide bonds. The van der Waals surface area contributed by atoms with Crippen molar-refractivity contribution < 1.29 is 4.48 Å². The minimum absolute atomic E-state index is 1.42. The Kier molecular flexibility index (Phi) is 1.81. The summed E-state index contributed by atoms with van der Waals surface area (Å²) in [4.78, 5) is 1.69. The molecule has 0 aromatic heterocycles. The van der Waals surface area contributed by atoms with Gasteiger partial charge in [0.15, 0.2) is 0 Å². The van der Waals surface area contributed by atoms with Gasteiger partial charge in [0.25, 0.3) is 0 Å². The van der Waals surface area contributed by atoms with Gasteiger partial charge in [0.2, 0.25) is 0 Å². The lowest BCUT2D eigenvalue weighted by Gasteiger charge is -1.29. The Morgan fingerprint density at radius 2 is 2.25 bits per heavy atom. The summed E-state index contributed by atoms with van der Waals surface area (Å²) < 4.78 is 9.93. The van der Waals surface area contributed by atoms with Crippen molar-refractivity contribution in [1.82, 2.24) is 0 Å². The molecule has 0 aromatic carbocycles. The Labute approximate surface area is 21.6 Å². The third-order valence-corrected chi connectivity index (χ3v) is 0.0338. The normalized spacial score (nSPS) is 4.25. The fourth-order valence-electron chi connectivity index (χ4n) is 0. The lowest BCUT2D eigenvalue weighted by molar-refractivity contribution is 0.525. The molecule has 22 valence electrons. The van der Waals surface area contributed by atoms with Crippen LogP contribution in [0.4, 0.5) is 4.48 Å². The fraction of sp³-hybridized carbons (Fsp3) is 0. The average Bonchev–Trinajstić information content (AvgIpc) is 1.37. The van der Waals surface area contributed by atoms with Crippen LogP contribution in [0.1, 0.15) is 0 Å². The minimum Gasteiger partial charge on any atom is -0.131 e. The van der Waals surface area contributed by atoms with Crippen molar-refractivity contribution in [2.75, 3.05) is 0 Å². The van der Waals surface area contributed by atoms with E-state index in [-0.39, 0.29) is 0 Å². The van der Waals surface area contributed by atoms with Crippen LogP contribution in [0.2, 0.25) is 0 Å².